The highest BCUT2D eigenvalue weighted by atomic mass is 32.1. The minimum atomic E-state index is -0.607. The van der Waals surface area contributed by atoms with Crippen LogP contribution in [0.2, 0.25) is 0 Å². The Bertz CT molecular complexity index is 930. The highest BCUT2D eigenvalue weighted by molar-refractivity contribution is 7.03. The minimum absolute atomic E-state index is 0.179. The van der Waals surface area contributed by atoms with Gasteiger partial charge < -0.3 is 9.84 Å². The van der Waals surface area contributed by atoms with Gasteiger partial charge >= 0.3 is 5.97 Å². The molecule has 0 bridgehead atoms. The van der Waals surface area contributed by atoms with Crippen LogP contribution in [-0.2, 0) is 22.6 Å². The Morgan fingerprint density at radius 1 is 1.39 bits per heavy atom. The largest absolute Gasteiger partial charge is 0.457 e. The number of ketones is 1. The number of nitrogens with zero attached hydrogens (tertiary/aromatic N) is 2. The molecular weight excluding hydrogens is 376 g/mol. The van der Waals surface area contributed by atoms with Crippen molar-refractivity contribution in [3.8, 4) is 0 Å². The van der Waals surface area contributed by atoms with E-state index in [0.29, 0.717) is 36.1 Å². The van der Waals surface area contributed by atoms with Gasteiger partial charge in [0.1, 0.15) is 12.4 Å². The van der Waals surface area contributed by atoms with Gasteiger partial charge in [0.05, 0.1) is 11.7 Å². The first-order chi connectivity index (χ1) is 13.5. The van der Waals surface area contributed by atoms with Crippen molar-refractivity contribution in [1.82, 2.24) is 9.27 Å². The molecule has 1 aromatic carbocycles. The van der Waals surface area contributed by atoms with Crippen molar-refractivity contribution < 1.29 is 19.4 Å². The molecule has 146 valence electrons. The van der Waals surface area contributed by atoms with Crippen LogP contribution < -0.4 is 0 Å². The van der Waals surface area contributed by atoms with E-state index in [4.69, 9.17) is 4.74 Å². The monoisotopic (exact) mass is 398 g/mol. The molecule has 0 amide bonds. The standard InChI is InChI=1S/C21H22N2O4S/c1-11-13(2-3-14-17(11)9-27-21(14)26)19(25)8-23-6-15-16(7-23)20(15)18(24)4-12-5-22-28-10-12/h2-3,5,10,15-16,19-20,25H,4,6-9H2,1H3/t15?,16?,19-,20?/m0/s1. The maximum Gasteiger partial charge on any atom is 0.338 e. The summed E-state index contributed by atoms with van der Waals surface area (Å²) in [6, 6.07) is 3.59. The molecule has 2 fully saturated rings. The van der Waals surface area contributed by atoms with E-state index in [1.54, 1.807) is 12.3 Å². The van der Waals surface area contributed by atoms with Gasteiger partial charge in [-0.3, -0.25) is 9.69 Å². The van der Waals surface area contributed by atoms with Crippen LogP contribution in [0.1, 0.15) is 38.7 Å². The summed E-state index contributed by atoms with van der Waals surface area (Å²) in [6.07, 6.45) is 1.66. The number of benzene rings is 1. The van der Waals surface area contributed by atoms with E-state index in [1.807, 2.05) is 18.4 Å². The van der Waals surface area contributed by atoms with Crippen LogP contribution in [0.4, 0.5) is 0 Å². The lowest BCUT2D eigenvalue weighted by molar-refractivity contribution is -0.120. The number of piperidine rings is 1. The number of ether oxygens (including phenoxy) is 1. The first-order valence-corrected chi connectivity index (χ1v) is 10.5. The molecule has 2 unspecified atom stereocenters. The smallest absolute Gasteiger partial charge is 0.338 e. The number of rotatable bonds is 6. The number of fused-ring (bicyclic) bond motifs is 2. The summed E-state index contributed by atoms with van der Waals surface area (Å²) in [5.74, 6) is 1.08. The molecule has 3 atom stereocenters. The van der Waals surface area contributed by atoms with Crippen molar-refractivity contribution in [2.24, 2.45) is 17.8 Å². The number of aliphatic hydroxyl groups excluding tert-OH is 1. The minimum Gasteiger partial charge on any atom is -0.457 e. The summed E-state index contributed by atoms with van der Waals surface area (Å²) in [5.41, 5.74) is 4.31. The Kier molecular flexibility index (Phi) is 4.34. The van der Waals surface area contributed by atoms with Gasteiger partial charge in [0, 0.05) is 49.1 Å². The molecule has 1 N–H and O–H groups in total. The lowest BCUT2D eigenvalue weighted by Crippen LogP contribution is -2.31. The molecule has 28 heavy (non-hydrogen) atoms. The summed E-state index contributed by atoms with van der Waals surface area (Å²) in [6.45, 7) is 4.51. The molecule has 1 aliphatic carbocycles. The van der Waals surface area contributed by atoms with E-state index in [0.717, 1.165) is 35.3 Å². The number of aliphatic hydroxyl groups is 1. The van der Waals surface area contributed by atoms with Crippen LogP contribution in [0.5, 0.6) is 0 Å². The van der Waals surface area contributed by atoms with E-state index in [2.05, 4.69) is 9.27 Å². The van der Waals surface area contributed by atoms with E-state index in [9.17, 15) is 14.7 Å². The van der Waals surface area contributed by atoms with Gasteiger partial charge in [0.25, 0.3) is 0 Å². The molecule has 1 saturated heterocycles. The molecule has 6 nitrogen and oxygen atoms in total. The Hall–Kier alpha value is -2.09. The van der Waals surface area contributed by atoms with E-state index in [1.165, 1.54) is 11.5 Å². The number of esters is 1. The number of aromatic nitrogens is 1. The number of hydrogen-bond acceptors (Lipinski definition) is 7. The van der Waals surface area contributed by atoms with Crippen molar-refractivity contribution in [1.29, 1.82) is 0 Å². The molecule has 3 aliphatic rings. The zero-order chi connectivity index (χ0) is 19.4. The highest BCUT2D eigenvalue weighted by Gasteiger charge is 2.58. The van der Waals surface area contributed by atoms with Crippen LogP contribution in [0.15, 0.2) is 23.7 Å². The predicted molar refractivity (Wildman–Crippen MR) is 103 cm³/mol. The average molecular weight is 398 g/mol. The first-order valence-electron chi connectivity index (χ1n) is 9.64. The summed E-state index contributed by atoms with van der Waals surface area (Å²) in [4.78, 5) is 26.4. The summed E-state index contributed by atoms with van der Waals surface area (Å²) in [5, 5.41) is 12.7. The fourth-order valence-electron chi connectivity index (χ4n) is 4.94. The molecule has 5 rings (SSSR count). The molecule has 7 heteroatoms. The first kappa shape index (κ1) is 18.0. The van der Waals surface area contributed by atoms with E-state index < -0.39 is 6.10 Å². The van der Waals surface area contributed by atoms with Crippen LogP contribution >= 0.6 is 11.5 Å². The number of cyclic esters (lactones) is 1. The number of β-amino-alcohol motifs (C(OH)–C–C–N with tert-alkyl or cyclic N) is 1. The second-order valence-corrected chi connectivity index (χ2v) is 8.80. The number of hydrogen-bond donors (Lipinski definition) is 1. The lowest BCUT2D eigenvalue weighted by Gasteiger charge is -2.24. The third-order valence-electron chi connectivity index (χ3n) is 6.50. The second-order valence-electron chi connectivity index (χ2n) is 8.15. The Balaban J connectivity index is 1.18. The Morgan fingerprint density at radius 3 is 2.89 bits per heavy atom. The van der Waals surface area contributed by atoms with Gasteiger partial charge in [-0.05, 0) is 53.0 Å². The molecule has 0 spiro atoms. The third kappa shape index (κ3) is 2.98. The highest BCUT2D eigenvalue weighted by Crippen LogP contribution is 2.52. The summed E-state index contributed by atoms with van der Waals surface area (Å²) < 4.78 is 9.16. The normalized spacial score (nSPS) is 26.6. The molecule has 1 saturated carbocycles. The fraction of sp³-hybridized carbons (Fsp3) is 0.476. The Morgan fingerprint density at radius 2 is 2.18 bits per heavy atom. The number of likely N-dealkylation sites (tertiary alicyclic amines) is 1. The van der Waals surface area contributed by atoms with Crippen molar-refractivity contribution in [3.05, 3.63) is 51.5 Å². The van der Waals surface area contributed by atoms with Crippen LogP contribution in [0, 0.1) is 24.7 Å². The van der Waals surface area contributed by atoms with E-state index >= 15 is 0 Å². The van der Waals surface area contributed by atoms with Gasteiger partial charge in [0.2, 0.25) is 0 Å². The van der Waals surface area contributed by atoms with Crippen molar-refractivity contribution in [2.75, 3.05) is 19.6 Å². The average Bonchev–Trinajstić information content (AvgIpc) is 3.11. The Labute approximate surface area is 167 Å². The molecular formula is C21H22N2O4S. The number of carbonyl (C=O) groups excluding carboxylic acids is 2. The molecule has 1 aromatic heterocycles. The van der Waals surface area contributed by atoms with Crippen LogP contribution in [-0.4, -0.2) is 45.8 Å². The lowest BCUT2D eigenvalue weighted by atomic mass is 9.95. The molecule has 2 aromatic rings. The third-order valence-corrected chi connectivity index (χ3v) is 7.14. The second kappa shape index (κ2) is 6.76. The maximum absolute atomic E-state index is 12.5. The maximum atomic E-state index is 12.5. The van der Waals surface area contributed by atoms with Gasteiger partial charge in [-0.15, -0.1) is 0 Å². The van der Waals surface area contributed by atoms with Crippen molar-refractivity contribution in [2.45, 2.75) is 26.1 Å². The number of carbonyl (C=O) groups is 2. The zero-order valence-corrected chi connectivity index (χ0v) is 16.4. The van der Waals surface area contributed by atoms with Gasteiger partial charge in [0.15, 0.2) is 0 Å². The summed E-state index contributed by atoms with van der Waals surface area (Å²) in [7, 11) is 0. The zero-order valence-electron chi connectivity index (χ0n) is 15.6. The van der Waals surface area contributed by atoms with Gasteiger partial charge in [-0.25, -0.2) is 9.17 Å². The fourth-order valence-corrected chi connectivity index (χ4v) is 5.48. The van der Waals surface area contributed by atoms with Crippen LogP contribution in [0.25, 0.3) is 0 Å². The van der Waals surface area contributed by atoms with Gasteiger partial charge in [-0.2, -0.15) is 0 Å². The topological polar surface area (TPSA) is 79.7 Å². The van der Waals surface area contributed by atoms with Crippen molar-refractivity contribution >= 4 is 23.3 Å². The quantitative estimate of drug-likeness (QED) is 0.751. The predicted octanol–water partition coefficient (Wildman–Crippen LogP) is 2.14. The molecule has 0 radical (unpaired) electrons. The van der Waals surface area contributed by atoms with Crippen LogP contribution in [0.3, 0.4) is 0 Å². The molecule has 2 aliphatic heterocycles. The van der Waals surface area contributed by atoms with Crippen molar-refractivity contribution in [3.63, 3.8) is 0 Å². The van der Waals surface area contributed by atoms with E-state index in [-0.39, 0.29) is 18.5 Å². The summed E-state index contributed by atoms with van der Waals surface area (Å²) >= 11 is 1.38. The SMILES string of the molecule is Cc1c([C@@H](O)CN2CC3C(C2)C3C(=O)Cc2cnsc2)ccc2c1COC2=O. The number of Topliss-reactive ketones (excluding diaryl/α,β-unsaturated/α-hetero) is 1. The molecule has 3 heterocycles. The van der Waals surface area contributed by atoms with Gasteiger partial charge in [-0.1, -0.05) is 6.07 Å².